The lowest BCUT2D eigenvalue weighted by Crippen LogP contribution is -2.44. The third-order valence-corrected chi connectivity index (χ3v) is 5.43. The van der Waals surface area contributed by atoms with Gasteiger partial charge in [-0.15, -0.1) is 0 Å². The van der Waals surface area contributed by atoms with Gasteiger partial charge in [0.1, 0.15) is 0 Å². The topological polar surface area (TPSA) is 66.5 Å². The van der Waals surface area contributed by atoms with Crippen LogP contribution in [0.3, 0.4) is 0 Å². The molecule has 2 aromatic carbocycles. The number of hydrogen-bond acceptors (Lipinski definition) is 3. The molecule has 0 fully saturated rings. The molecule has 5 nitrogen and oxygen atoms in total. The minimum absolute atomic E-state index is 0.0638. The molecule has 0 saturated carbocycles. The monoisotopic (exact) mass is 346 g/mol. The molecule has 1 N–H and O–H groups in total. The molecule has 0 bridgehead atoms. The third kappa shape index (κ3) is 4.83. The van der Waals surface area contributed by atoms with Gasteiger partial charge in [-0.05, 0) is 31.2 Å². The summed E-state index contributed by atoms with van der Waals surface area (Å²) in [5.74, 6) is -0.0129. The summed E-state index contributed by atoms with van der Waals surface area (Å²) in [6.07, 6.45) is 0. The first kappa shape index (κ1) is 18.0. The van der Waals surface area contributed by atoms with Gasteiger partial charge in [0, 0.05) is 11.8 Å². The standard InChI is InChI=1S/C18H22N2O3S/c1-3-24(22,23)14-15(2)19-18(21)20(16-10-6-4-7-11-16)17-12-8-5-9-13-17/h4-13,15H,3,14H2,1-2H3,(H,19,21). The molecular weight excluding hydrogens is 324 g/mol. The average molecular weight is 346 g/mol. The molecule has 0 aliphatic heterocycles. The summed E-state index contributed by atoms with van der Waals surface area (Å²) in [7, 11) is -3.15. The molecule has 0 aromatic heterocycles. The van der Waals surface area contributed by atoms with Crippen LogP contribution in [0, 0.1) is 0 Å². The molecular formula is C18H22N2O3S. The summed E-state index contributed by atoms with van der Waals surface area (Å²) in [5, 5.41) is 2.78. The summed E-state index contributed by atoms with van der Waals surface area (Å²) in [4.78, 5) is 14.3. The minimum atomic E-state index is -3.15. The second kappa shape index (κ2) is 7.97. The van der Waals surface area contributed by atoms with Gasteiger partial charge in [-0.1, -0.05) is 43.3 Å². The van der Waals surface area contributed by atoms with Crippen molar-refractivity contribution in [3.63, 3.8) is 0 Å². The van der Waals surface area contributed by atoms with Gasteiger partial charge >= 0.3 is 6.03 Å². The Morgan fingerprint density at radius 2 is 1.46 bits per heavy atom. The van der Waals surface area contributed by atoms with Crippen LogP contribution in [0.2, 0.25) is 0 Å². The molecule has 6 heteroatoms. The fourth-order valence-corrected chi connectivity index (χ4v) is 3.43. The van der Waals surface area contributed by atoms with Gasteiger partial charge in [0.2, 0.25) is 0 Å². The molecule has 0 heterocycles. The Kier molecular flexibility index (Phi) is 5.98. The molecule has 2 rings (SSSR count). The number of nitrogens with one attached hydrogen (secondary N) is 1. The number of benzene rings is 2. The highest BCUT2D eigenvalue weighted by Gasteiger charge is 2.21. The molecule has 0 radical (unpaired) electrons. The number of nitrogens with zero attached hydrogens (tertiary/aromatic N) is 1. The molecule has 0 saturated heterocycles. The van der Waals surface area contributed by atoms with Gasteiger partial charge in [-0.2, -0.15) is 0 Å². The van der Waals surface area contributed by atoms with Crippen LogP contribution in [-0.4, -0.2) is 32.0 Å². The van der Waals surface area contributed by atoms with Gasteiger partial charge in [0.05, 0.1) is 17.1 Å². The van der Waals surface area contributed by atoms with E-state index in [1.54, 1.807) is 13.8 Å². The van der Waals surface area contributed by atoms with Crippen molar-refractivity contribution in [2.75, 3.05) is 16.4 Å². The van der Waals surface area contributed by atoms with Gasteiger partial charge in [-0.25, -0.2) is 13.2 Å². The number of hydrogen-bond donors (Lipinski definition) is 1. The molecule has 24 heavy (non-hydrogen) atoms. The Labute approximate surface area is 143 Å². The zero-order chi connectivity index (χ0) is 17.6. The quantitative estimate of drug-likeness (QED) is 0.872. The maximum absolute atomic E-state index is 12.7. The van der Waals surface area contributed by atoms with Crippen molar-refractivity contribution in [1.82, 2.24) is 5.32 Å². The van der Waals surface area contributed by atoms with Crippen LogP contribution in [0.5, 0.6) is 0 Å². The normalized spacial score (nSPS) is 12.4. The minimum Gasteiger partial charge on any atom is -0.334 e. The number of urea groups is 1. The van der Waals surface area contributed by atoms with Crippen molar-refractivity contribution >= 4 is 27.2 Å². The second-order valence-corrected chi connectivity index (χ2v) is 7.95. The number of sulfone groups is 1. The van der Waals surface area contributed by atoms with E-state index >= 15 is 0 Å². The van der Waals surface area contributed by atoms with Crippen LogP contribution in [0.25, 0.3) is 0 Å². The molecule has 2 aromatic rings. The summed E-state index contributed by atoms with van der Waals surface area (Å²) in [6.45, 7) is 3.30. The van der Waals surface area contributed by atoms with Crippen molar-refractivity contribution in [1.29, 1.82) is 0 Å². The summed E-state index contributed by atoms with van der Waals surface area (Å²) >= 11 is 0. The first-order valence-electron chi connectivity index (χ1n) is 7.84. The molecule has 0 aliphatic rings. The molecule has 2 amide bonds. The number of amides is 2. The highest BCUT2D eigenvalue weighted by molar-refractivity contribution is 7.91. The summed E-state index contributed by atoms with van der Waals surface area (Å²) < 4.78 is 23.5. The number of carbonyl (C=O) groups excluding carboxylic acids is 1. The Balaban J connectivity index is 2.23. The van der Waals surface area contributed by atoms with Crippen LogP contribution in [0.15, 0.2) is 60.7 Å². The lowest BCUT2D eigenvalue weighted by Gasteiger charge is -2.25. The number of rotatable bonds is 6. The van der Waals surface area contributed by atoms with E-state index in [9.17, 15) is 13.2 Å². The number of anilines is 2. The maximum Gasteiger partial charge on any atom is 0.326 e. The summed E-state index contributed by atoms with van der Waals surface area (Å²) in [6, 6.07) is 17.7. The molecule has 0 spiro atoms. The lowest BCUT2D eigenvalue weighted by molar-refractivity contribution is 0.246. The fourth-order valence-electron chi connectivity index (χ4n) is 2.35. The average Bonchev–Trinajstić information content (AvgIpc) is 2.56. The van der Waals surface area contributed by atoms with Crippen molar-refractivity contribution in [2.24, 2.45) is 0 Å². The van der Waals surface area contributed by atoms with Crippen molar-refractivity contribution < 1.29 is 13.2 Å². The predicted molar refractivity (Wildman–Crippen MR) is 97.3 cm³/mol. The zero-order valence-corrected chi connectivity index (χ0v) is 14.7. The van der Waals surface area contributed by atoms with Gasteiger partial charge in [0.15, 0.2) is 9.84 Å². The van der Waals surface area contributed by atoms with Gasteiger partial charge < -0.3 is 5.32 Å². The van der Waals surface area contributed by atoms with Crippen LogP contribution >= 0.6 is 0 Å². The van der Waals surface area contributed by atoms with E-state index in [4.69, 9.17) is 0 Å². The Morgan fingerprint density at radius 3 is 1.88 bits per heavy atom. The van der Waals surface area contributed by atoms with Crippen molar-refractivity contribution in [3.05, 3.63) is 60.7 Å². The van der Waals surface area contributed by atoms with E-state index in [1.165, 1.54) is 4.90 Å². The van der Waals surface area contributed by atoms with Crippen LogP contribution in [0.4, 0.5) is 16.2 Å². The van der Waals surface area contributed by atoms with Crippen molar-refractivity contribution in [3.8, 4) is 0 Å². The van der Waals surface area contributed by atoms with E-state index in [0.717, 1.165) is 0 Å². The van der Waals surface area contributed by atoms with Crippen LogP contribution in [-0.2, 0) is 9.84 Å². The van der Waals surface area contributed by atoms with Gasteiger partial charge in [0.25, 0.3) is 0 Å². The highest BCUT2D eigenvalue weighted by Crippen LogP contribution is 2.24. The Morgan fingerprint density at radius 1 is 1.00 bits per heavy atom. The SMILES string of the molecule is CCS(=O)(=O)CC(C)NC(=O)N(c1ccccc1)c1ccccc1. The molecule has 1 atom stereocenters. The Bertz CT molecular complexity index is 722. The molecule has 0 aliphatic carbocycles. The van der Waals surface area contributed by atoms with E-state index in [-0.39, 0.29) is 17.5 Å². The fraction of sp³-hybridized carbons (Fsp3) is 0.278. The van der Waals surface area contributed by atoms with Crippen LogP contribution in [0.1, 0.15) is 13.8 Å². The Hall–Kier alpha value is -2.34. The maximum atomic E-state index is 12.7. The lowest BCUT2D eigenvalue weighted by atomic mass is 10.2. The first-order valence-corrected chi connectivity index (χ1v) is 9.66. The van der Waals surface area contributed by atoms with Gasteiger partial charge in [-0.3, -0.25) is 4.90 Å². The van der Waals surface area contributed by atoms with E-state index in [2.05, 4.69) is 5.32 Å². The van der Waals surface area contributed by atoms with Crippen LogP contribution < -0.4 is 10.2 Å². The largest absolute Gasteiger partial charge is 0.334 e. The second-order valence-electron chi connectivity index (χ2n) is 5.56. The predicted octanol–water partition coefficient (Wildman–Crippen LogP) is 3.36. The zero-order valence-electron chi connectivity index (χ0n) is 13.8. The summed E-state index contributed by atoms with van der Waals surface area (Å²) in [5.41, 5.74) is 1.43. The molecule has 128 valence electrons. The smallest absolute Gasteiger partial charge is 0.326 e. The third-order valence-electron chi connectivity index (χ3n) is 3.55. The van der Waals surface area contributed by atoms with E-state index in [1.807, 2.05) is 60.7 Å². The molecule has 1 unspecified atom stereocenters. The highest BCUT2D eigenvalue weighted by atomic mass is 32.2. The van der Waals surface area contributed by atoms with E-state index < -0.39 is 15.9 Å². The van der Waals surface area contributed by atoms with Crippen molar-refractivity contribution in [2.45, 2.75) is 19.9 Å². The van der Waals surface area contributed by atoms with E-state index in [0.29, 0.717) is 11.4 Å². The number of para-hydroxylation sites is 2. The first-order chi connectivity index (χ1) is 11.4. The number of carbonyl (C=O) groups is 1.